The van der Waals surface area contributed by atoms with E-state index in [4.69, 9.17) is 10.5 Å². The molecule has 0 bridgehead atoms. The highest BCUT2D eigenvalue weighted by molar-refractivity contribution is 7.19. The number of rotatable bonds is 6. The molecule has 6 heteroatoms. The number of hydrogen-bond donors (Lipinski definition) is 2. The predicted octanol–water partition coefficient (Wildman–Crippen LogP) is 2.94. The Balaban J connectivity index is 3.27. The lowest BCUT2D eigenvalue weighted by Gasteiger charge is -2.06. The molecule has 5 nitrogen and oxygen atoms in total. The van der Waals surface area contributed by atoms with E-state index in [1.54, 1.807) is 13.8 Å². The Bertz CT molecular complexity index is 547. The minimum absolute atomic E-state index is 0.0824. The number of nitrogens with one attached hydrogen (secondary N) is 1. The second kappa shape index (κ2) is 6.56. The molecule has 0 unspecified atom stereocenters. The van der Waals surface area contributed by atoms with E-state index in [0.717, 1.165) is 5.57 Å². The lowest BCUT2D eigenvalue weighted by molar-refractivity contribution is 0.0603. The van der Waals surface area contributed by atoms with Gasteiger partial charge >= 0.3 is 5.97 Å². The van der Waals surface area contributed by atoms with Crippen LogP contribution in [-0.2, 0) is 4.74 Å². The summed E-state index contributed by atoms with van der Waals surface area (Å²) in [6, 6.07) is 0. The molecule has 0 amide bonds. The van der Waals surface area contributed by atoms with Gasteiger partial charge in [-0.1, -0.05) is 26.0 Å². The van der Waals surface area contributed by atoms with Crippen LogP contribution in [0.2, 0.25) is 0 Å². The molecule has 0 saturated carbocycles. The summed E-state index contributed by atoms with van der Waals surface area (Å²) in [6.07, 6.45) is 0. The number of nitrogens with two attached hydrogens (primary N) is 1. The topological polar surface area (TPSA) is 81.4 Å². The summed E-state index contributed by atoms with van der Waals surface area (Å²) in [5.41, 5.74) is 7.27. The standard InChI is InChI=1S/C14H20N2O3S/c1-7(2)6-16-13-9(14(18)19-5)10(15)12(20-13)11(17)8(3)4/h8,16H,1,6,15H2,2-5H3. The number of nitrogen functional groups attached to an aromatic ring is 1. The van der Waals surface area contributed by atoms with E-state index in [1.807, 2.05) is 6.92 Å². The van der Waals surface area contributed by atoms with Crippen LogP contribution in [0.1, 0.15) is 40.8 Å². The fourth-order valence-electron chi connectivity index (χ4n) is 1.55. The molecular formula is C14H20N2O3S. The van der Waals surface area contributed by atoms with Crippen LogP contribution in [0.4, 0.5) is 10.7 Å². The summed E-state index contributed by atoms with van der Waals surface area (Å²) < 4.78 is 4.73. The number of anilines is 2. The van der Waals surface area contributed by atoms with Crippen molar-refractivity contribution >= 4 is 33.8 Å². The van der Waals surface area contributed by atoms with Gasteiger partial charge in [0.2, 0.25) is 0 Å². The summed E-state index contributed by atoms with van der Waals surface area (Å²) in [4.78, 5) is 24.3. The minimum atomic E-state index is -0.550. The van der Waals surface area contributed by atoms with Gasteiger partial charge in [-0.3, -0.25) is 4.79 Å². The van der Waals surface area contributed by atoms with Gasteiger partial charge in [-0.2, -0.15) is 0 Å². The fourth-order valence-corrected chi connectivity index (χ4v) is 2.74. The second-order valence-corrected chi connectivity index (χ2v) is 5.89. The quantitative estimate of drug-likeness (QED) is 0.479. The van der Waals surface area contributed by atoms with Gasteiger partial charge in [-0.15, -0.1) is 11.3 Å². The fraction of sp³-hybridized carbons (Fsp3) is 0.429. The van der Waals surface area contributed by atoms with Gasteiger partial charge in [0.05, 0.1) is 17.7 Å². The number of hydrogen-bond acceptors (Lipinski definition) is 6. The Morgan fingerprint density at radius 3 is 2.50 bits per heavy atom. The van der Waals surface area contributed by atoms with Crippen LogP contribution in [0.25, 0.3) is 0 Å². The Kier molecular flexibility index (Phi) is 5.33. The van der Waals surface area contributed by atoms with E-state index in [0.29, 0.717) is 16.4 Å². The largest absolute Gasteiger partial charge is 0.465 e. The summed E-state index contributed by atoms with van der Waals surface area (Å²) in [6.45, 7) is 9.73. The first-order chi connectivity index (χ1) is 9.29. The summed E-state index contributed by atoms with van der Waals surface area (Å²) in [5.74, 6) is -0.817. The molecule has 110 valence electrons. The molecule has 1 heterocycles. The maximum absolute atomic E-state index is 12.1. The third kappa shape index (κ3) is 3.39. The number of thiophene rings is 1. The van der Waals surface area contributed by atoms with Gasteiger partial charge < -0.3 is 15.8 Å². The molecule has 0 aromatic carbocycles. The maximum atomic E-state index is 12.1. The van der Waals surface area contributed by atoms with E-state index >= 15 is 0 Å². The van der Waals surface area contributed by atoms with Crippen LogP contribution >= 0.6 is 11.3 Å². The number of carbonyl (C=O) groups excluding carboxylic acids is 2. The van der Waals surface area contributed by atoms with Crippen LogP contribution < -0.4 is 11.1 Å². The molecular weight excluding hydrogens is 276 g/mol. The van der Waals surface area contributed by atoms with Crippen molar-refractivity contribution in [1.82, 2.24) is 0 Å². The third-order valence-electron chi connectivity index (χ3n) is 2.63. The highest BCUT2D eigenvalue weighted by Gasteiger charge is 2.27. The van der Waals surface area contributed by atoms with Crippen LogP contribution in [0.5, 0.6) is 0 Å². The average molecular weight is 296 g/mol. The number of ether oxygens (including phenoxy) is 1. The summed E-state index contributed by atoms with van der Waals surface area (Å²) in [7, 11) is 1.28. The normalized spacial score (nSPS) is 10.4. The zero-order chi connectivity index (χ0) is 15.4. The van der Waals surface area contributed by atoms with E-state index in [2.05, 4.69) is 11.9 Å². The predicted molar refractivity (Wildman–Crippen MR) is 82.5 cm³/mol. The zero-order valence-corrected chi connectivity index (χ0v) is 13.0. The Morgan fingerprint density at radius 1 is 1.45 bits per heavy atom. The van der Waals surface area contributed by atoms with Gasteiger partial charge in [0.25, 0.3) is 0 Å². The van der Waals surface area contributed by atoms with Gasteiger partial charge in [0.1, 0.15) is 10.6 Å². The Hall–Kier alpha value is -1.82. The van der Waals surface area contributed by atoms with Crippen molar-refractivity contribution < 1.29 is 14.3 Å². The van der Waals surface area contributed by atoms with E-state index in [-0.39, 0.29) is 23.0 Å². The first-order valence-corrected chi connectivity index (χ1v) is 7.04. The molecule has 3 N–H and O–H groups in total. The number of carbonyl (C=O) groups is 2. The molecule has 0 saturated heterocycles. The lowest BCUT2D eigenvalue weighted by atomic mass is 10.1. The molecule has 1 aromatic heterocycles. The van der Waals surface area contributed by atoms with Gasteiger partial charge in [0.15, 0.2) is 5.78 Å². The summed E-state index contributed by atoms with van der Waals surface area (Å²) in [5, 5.41) is 3.61. The lowest BCUT2D eigenvalue weighted by Crippen LogP contribution is -2.11. The van der Waals surface area contributed by atoms with Gasteiger partial charge in [0, 0.05) is 12.5 Å². The van der Waals surface area contributed by atoms with E-state index < -0.39 is 5.97 Å². The van der Waals surface area contributed by atoms with Crippen molar-refractivity contribution in [2.75, 3.05) is 24.7 Å². The number of esters is 1. The van der Waals surface area contributed by atoms with Crippen molar-refractivity contribution in [3.05, 3.63) is 22.6 Å². The molecule has 1 aromatic rings. The van der Waals surface area contributed by atoms with E-state index in [9.17, 15) is 9.59 Å². The molecule has 0 aliphatic heterocycles. The first kappa shape index (κ1) is 16.2. The number of ketones is 1. The van der Waals surface area contributed by atoms with Gasteiger partial charge in [-0.05, 0) is 6.92 Å². The Labute approximate surface area is 122 Å². The third-order valence-corrected chi connectivity index (χ3v) is 3.81. The number of methoxy groups -OCH3 is 1. The van der Waals surface area contributed by atoms with Crippen molar-refractivity contribution in [2.45, 2.75) is 20.8 Å². The molecule has 0 radical (unpaired) electrons. The van der Waals surface area contributed by atoms with Crippen LogP contribution in [0.15, 0.2) is 12.2 Å². The molecule has 0 aliphatic rings. The van der Waals surface area contributed by atoms with Crippen LogP contribution in [0.3, 0.4) is 0 Å². The van der Waals surface area contributed by atoms with Crippen molar-refractivity contribution in [2.24, 2.45) is 5.92 Å². The maximum Gasteiger partial charge on any atom is 0.343 e. The molecule has 20 heavy (non-hydrogen) atoms. The highest BCUT2D eigenvalue weighted by atomic mass is 32.1. The monoisotopic (exact) mass is 296 g/mol. The zero-order valence-electron chi connectivity index (χ0n) is 12.2. The van der Waals surface area contributed by atoms with Crippen LogP contribution in [-0.4, -0.2) is 25.4 Å². The van der Waals surface area contributed by atoms with Crippen LogP contribution in [0, 0.1) is 5.92 Å². The molecule has 0 fully saturated rings. The molecule has 0 aliphatic carbocycles. The highest BCUT2D eigenvalue weighted by Crippen LogP contribution is 2.37. The smallest absolute Gasteiger partial charge is 0.343 e. The average Bonchev–Trinajstić information content (AvgIpc) is 2.71. The van der Waals surface area contributed by atoms with Crippen molar-refractivity contribution in [3.63, 3.8) is 0 Å². The molecule has 0 atom stereocenters. The SMILES string of the molecule is C=C(C)CNc1sc(C(=O)C(C)C)c(N)c1C(=O)OC. The number of Topliss-reactive ketones (excluding diaryl/α,β-unsaturated/α-hetero) is 1. The first-order valence-electron chi connectivity index (χ1n) is 6.22. The van der Waals surface area contributed by atoms with Crippen molar-refractivity contribution in [1.29, 1.82) is 0 Å². The molecule has 1 rings (SSSR count). The van der Waals surface area contributed by atoms with Crippen molar-refractivity contribution in [3.8, 4) is 0 Å². The minimum Gasteiger partial charge on any atom is -0.465 e. The molecule has 0 spiro atoms. The summed E-state index contributed by atoms with van der Waals surface area (Å²) >= 11 is 1.18. The van der Waals surface area contributed by atoms with E-state index in [1.165, 1.54) is 18.4 Å². The Morgan fingerprint density at radius 2 is 2.05 bits per heavy atom. The second-order valence-electron chi connectivity index (χ2n) is 4.87. The van der Waals surface area contributed by atoms with Gasteiger partial charge in [-0.25, -0.2) is 4.79 Å².